The van der Waals surface area contributed by atoms with E-state index >= 15 is 0 Å². The van der Waals surface area contributed by atoms with Gasteiger partial charge in [-0.1, -0.05) is 66.2 Å². The summed E-state index contributed by atoms with van der Waals surface area (Å²) in [5.41, 5.74) is 1.78. The van der Waals surface area contributed by atoms with Crippen LogP contribution in [-0.2, 0) is 9.59 Å². The maximum atomic E-state index is 12.3. The van der Waals surface area contributed by atoms with Gasteiger partial charge in [0.15, 0.2) is 0 Å². The van der Waals surface area contributed by atoms with Crippen molar-refractivity contribution in [1.29, 1.82) is 0 Å². The van der Waals surface area contributed by atoms with Crippen molar-refractivity contribution >= 4 is 80.6 Å². The van der Waals surface area contributed by atoms with Crippen molar-refractivity contribution in [2.45, 2.75) is 13.8 Å². The molecule has 0 N–H and O–H groups in total. The molecule has 2 heterocycles. The van der Waals surface area contributed by atoms with Crippen molar-refractivity contribution < 1.29 is 9.59 Å². The minimum Gasteiger partial charge on any atom is -0.293 e. The SMILES string of the molecule is CCN1C(=O)/C(=C\c2cccc(/C=C3/SC(=S)N(CC)C3=O)c2)SC1=S. The van der Waals surface area contributed by atoms with Gasteiger partial charge in [-0.3, -0.25) is 19.4 Å². The van der Waals surface area contributed by atoms with Crippen LogP contribution >= 0.6 is 48.0 Å². The zero-order chi connectivity index (χ0) is 18.8. The Morgan fingerprint density at radius 1 is 0.885 bits per heavy atom. The monoisotopic (exact) mass is 420 g/mol. The average Bonchev–Trinajstić information content (AvgIpc) is 3.03. The summed E-state index contributed by atoms with van der Waals surface area (Å²) in [5, 5.41) is 0. The second-order valence-electron chi connectivity index (χ2n) is 5.52. The lowest BCUT2D eigenvalue weighted by molar-refractivity contribution is -0.122. The van der Waals surface area contributed by atoms with Gasteiger partial charge in [0.25, 0.3) is 11.8 Å². The standard InChI is InChI=1S/C18H16N2O2S4/c1-3-19-15(21)13(25-17(19)23)9-11-6-5-7-12(8-11)10-14-16(22)20(4-2)18(24)26-14/h5-10H,3-4H2,1-2H3/b13-9+,14-10+. The van der Waals surface area contributed by atoms with E-state index in [0.717, 1.165) is 11.1 Å². The number of benzene rings is 1. The van der Waals surface area contributed by atoms with Crippen LogP contribution in [0.3, 0.4) is 0 Å². The average molecular weight is 421 g/mol. The van der Waals surface area contributed by atoms with Crippen LogP contribution in [0.1, 0.15) is 25.0 Å². The first kappa shape index (κ1) is 19.3. The van der Waals surface area contributed by atoms with Gasteiger partial charge in [0.05, 0.1) is 9.81 Å². The number of thiocarbonyl (C=S) groups is 2. The molecule has 4 nitrogen and oxygen atoms in total. The summed E-state index contributed by atoms with van der Waals surface area (Å²) in [5.74, 6) is -0.117. The number of amides is 2. The van der Waals surface area contributed by atoms with Gasteiger partial charge in [0.1, 0.15) is 8.64 Å². The van der Waals surface area contributed by atoms with Crippen molar-refractivity contribution in [3.8, 4) is 0 Å². The molecule has 0 aliphatic carbocycles. The zero-order valence-corrected chi connectivity index (χ0v) is 17.5. The lowest BCUT2D eigenvalue weighted by Gasteiger charge is -2.09. The molecule has 2 aliphatic heterocycles. The number of likely N-dealkylation sites (N-methyl/N-ethyl adjacent to an activating group) is 2. The van der Waals surface area contributed by atoms with E-state index in [2.05, 4.69) is 0 Å². The van der Waals surface area contributed by atoms with Crippen LogP contribution in [0.5, 0.6) is 0 Å². The minimum atomic E-state index is -0.0586. The summed E-state index contributed by atoms with van der Waals surface area (Å²) >= 11 is 13.1. The van der Waals surface area contributed by atoms with Gasteiger partial charge >= 0.3 is 0 Å². The molecule has 3 rings (SSSR count). The third kappa shape index (κ3) is 3.78. The molecule has 0 atom stereocenters. The summed E-state index contributed by atoms with van der Waals surface area (Å²) in [4.78, 5) is 29.1. The number of hydrogen-bond donors (Lipinski definition) is 0. The van der Waals surface area contributed by atoms with Gasteiger partial charge in [0, 0.05) is 13.1 Å². The Hall–Kier alpha value is -1.48. The third-order valence-corrected chi connectivity index (χ3v) is 6.64. The molecular formula is C18H16N2O2S4. The van der Waals surface area contributed by atoms with Gasteiger partial charge in [-0.05, 0) is 43.2 Å². The van der Waals surface area contributed by atoms with Crippen LogP contribution in [0, 0.1) is 0 Å². The number of rotatable bonds is 4. The van der Waals surface area contributed by atoms with E-state index in [0.29, 0.717) is 31.5 Å². The fraction of sp³-hybridized carbons (Fsp3) is 0.222. The van der Waals surface area contributed by atoms with Gasteiger partial charge in [-0.25, -0.2) is 0 Å². The van der Waals surface area contributed by atoms with Crippen molar-refractivity contribution in [1.82, 2.24) is 9.80 Å². The molecule has 2 fully saturated rings. The van der Waals surface area contributed by atoms with Gasteiger partial charge in [-0.15, -0.1) is 0 Å². The quantitative estimate of drug-likeness (QED) is 0.539. The van der Waals surface area contributed by atoms with E-state index in [9.17, 15) is 9.59 Å². The number of hydrogen-bond acceptors (Lipinski definition) is 6. The summed E-state index contributed by atoms with van der Waals surface area (Å²) in [7, 11) is 0. The summed E-state index contributed by atoms with van der Waals surface area (Å²) in [6.45, 7) is 4.95. The van der Waals surface area contributed by atoms with Gasteiger partial charge in [0.2, 0.25) is 0 Å². The summed E-state index contributed by atoms with van der Waals surface area (Å²) < 4.78 is 1.17. The molecule has 0 aromatic heterocycles. The smallest absolute Gasteiger partial charge is 0.266 e. The molecule has 2 amide bonds. The van der Waals surface area contributed by atoms with Crippen LogP contribution in [-0.4, -0.2) is 43.3 Å². The van der Waals surface area contributed by atoms with E-state index < -0.39 is 0 Å². The zero-order valence-electron chi connectivity index (χ0n) is 14.2. The molecule has 0 saturated carbocycles. The molecule has 1 aromatic carbocycles. The van der Waals surface area contributed by atoms with E-state index in [1.807, 2.05) is 50.3 Å². The first-order valence-electron chi connectivity index (χ1n) is 8.05. The predicted octanol–water partition coefficient (Wildman–Crippen LogP) is 4.13. The molecule has 26 heavy (non-hydrogen) atoms. The van der Waals surface area contributed by atoms with Crippen molar-refractivity contribution in [3.63, 3.8) is 0 Å². The highest BCUT2D eigenvalue weighted by molar-refractivity contribution is 8.27. The summed E-state index contributed by atoms with van der Waals surface area (Å²) in [6, 6.07) is 7.69. The predicted molar refractivity (Wildman–Crippen MR) is 118 cm³/mol. The van der Waals surface area contributed by atoms with Crippen LogP contribution < -0.4 is 0 Å². The highest BCUT2D eigenvalue weighted by Crippen LogP contribution is 2.34. The Kier molecular flexibility index (Phi) is 5.96. The highest BCUT2D eigenvalue weighted by Gasteiger charge is 2.31. The van der Waals surface area contributed by atoms with Crippen LogP contribution in [0.2, 0.25) is 0 Å². The molecule has 0 unspecified atom stereocenters. The Morgan fingerprint density at radius 3 is 1.65 bits per heavy atom. The number of carbonyl (C=O) groups excluding carboxylic acids is 2. The Balaban J connectivity index is 1.86. The molecule has 0 bridgehead atoms. The normalized spacial score (nSPS) is 21.0. The lowest BCUT2D eigenvalue weighted by atomic mass is 10.1. The minimum absolute atomic E-state index is 0.0586. The Bertz CT molecular complexity index is 808. The second kappa shape index (κ2) is 8.04. The van der Waals surface area contributed by atoms with Gasteiger partial charge < -0.3 is 0 Å². The molecule has 0 radical (unpaired) electrons. The van der Waals surface area contributed by atoms with E-state index in [4.69, 9.17) is 24.4 Å². The molecular weight excluding hydrogens is 404 g/mol. The molecule has 1 aromatic rings. The highest BCUT2D eigenvalue weighted by atomic mass is 32.2. The van der Waals surface area contributed by atoms with Crippen molar-refractivity contribution in [2.24, 2.45) is 0 Å². The number of nitrogens with zero attached hydrogens (tertiary/aromatic N) is 2. The van der Waals surface area contributed by atoms with E-state index in [1.54, 1.807) is 9.80 Å². The first-order valence-corrected chi connectivity index (χ1v) is 10.5. The maximum Gasteiger partial charge on any atom is 0.266 e. The maximum absolute atomic E-state index is 12.3. The number of carbonyl (C=O) groups is 2. The molecule has 2 saturated heterocycles. The van der Waals surface area contributed by atoms with E-state index in [-0.39, 0.29) is 11.8 Å². The fourth-order valence-corrected chi connectivity index (χ4v) is 5.35. The topological polar surface area (TPSA) is 40.6 Å². The molecule has 134 valence electrons. The molecule has 0 spiro atoms. The Labute approximate surface area is 171 Å². The molecule has 2 aliphatic rings. The molecule has 8 heteroatoms. The van der Waals surface area contributed by atoms with Crippen LogP contribution in [0.25, 0.3) is 12.2 Å². The van der Waals surface area contributed by atoms with Crippen molar-refractivity contribution in [2.75, 3.05) is 13.1 Å². The van der Waals surface area contributed by atoms with Crippen molar-refractivity contribution in [3.05, 3.63) is 45.2 Å². The first-order chi connectivity index (χ1) is 12.4. The van der Waals surface area contributed by atoms with Crippen LogP contribution in [0.4, 0.5) is 0 Å². The summed E-state index contributed by atoms with van der Waals surface area (Å²) in [6.07, 6.45) is 3.67. The second-order valence-corrected chi connectivity index (χ2v) is 8.87. The fourth-order valence-electron chi connectivity index (χ4n) is 2.59. The lowest BCUT2D eigenvalue weighted by Crippen LogP contribution is -2.27. The Morgan fingerprint density at radius 2 is 1.31 bits per heavy atom. The van der Waals surface area contributed by atoms with E-state index in [1.165, 1.54) is 23.5 Å². The largest absolute Gasteiger partial charge is 0.293 e. The number of thioether (sulfide) groups is 2. The third-order valence-electron chi connectivity index (χ3n) is 3.89. The van der Waals surface area contributed by atoms with Gasteiger partial charge in [-0.2, -0.15) is 0 Å². The van der Waals surface area contributed by atoms with Crippen LogP contribution in [0.15, 0.2) is 34.1 Å².